The molecule has 3 aromatic carbocycles. The smallest absolute Gasteiger partial charge is 0.335 e. The van der Waals surface area contributed by atoms with Gasteiger partial charge in [0.2, 0.25) is 0 Å². The molecule has 1 fully saturated rings. The summed E-state index contributed by atoms with van der Waals surface area (Å²) in [5.74, 6) is -0.906. The van der Waals surface area contributed by atoms with Gasteiger partial charge >= 0.3 is 6.03 Å². The van der Waals surface area contributed by atoms with E-state index in [1.807, 2.05) is 0 Å². The van der Waals surface area contributed by atoms with Crippen LogP contribution in [0.3, 0.4) is 0 Å². The van der Waals surface area contributed by atoms with Crippen LogP contribution in [0.4, 0.5) is 10.5 Å². The Morgan fingerprint density at radius 1 is 1.00 bits per heavy atom. The Hall–Kier alpha value is -4.01. The zero-order valence-corrected chi connectivity index (χ0v) is 19.8. The van der Waals surface area contributed by atoms with Crippen LogP contribution in [0, 0.1) is 0 Å². The zero-order valence-electron chi connectivity index (χ0n) is 18.2. The first kappa shape index (κ1) is 24.1. The summed E-state index contributed by atoms with van der Waals surface area (Å²) in [6.07, 6.45) is 1.33. The highest BCUT2D eigenvalue weighted by Gasteiger charge is 2.37. The number of methoxy groups -OCH3 is 1. The molecule has 10 heteroatoms. The van der Waals surface area contributed by atoms with Crippen molar-refractivity contribution in [3.8, 4) is 17.2 Å². The Morgan fingerprint density at radius 3 is 2.43 bits per heavy atom. The lowest BCUT2D eigenvalue weighted by Crippen LogP contribution is -2.54. The number of nitrogens with zero attached hydrogens (tertiary/aromatic N) is 1. The molecule has 0 aliphatic carbocycles. The number of carbonyl (C=O) groups excluding carboxylic acids is 3. The van der Waals surface area contributed by atoms with Gasteiger partial charge in [0.15, 0.2) is 0 Å². The average Bonchev–Trinajstić information content (AvgIpc) is 2.82. The summed E-state index contributed by atoms with van der Waals surface area (Å²) in [6.45, 7) is 0.0810. The number of amides is 4. The Morgan fingerprint density at radius 2 is 1.74 bits per heavy atom. The predicted molar refractivity (Wildman–Crippen MR) is 131 cm³/mol. The number of ether oxygens (including phenoxy) is 2. The molecule has 1 aliphatic rings. The standard InChI is InChI=1S/C25H18Cl2N2O6/c1-34-19-9-3-14(22(12-19)35-13-15-2-4-16(26)11-21(15)27)10-20-23(31)28-25(33)29(24(20)32)17-5-7-18(30)8-6-17/h2-12,30H,13H2,1H3,(H,28,31,33)/b20-10+. The minimum atomic E-state index is -0.897. The van der Waals surface area contributed by atoms with Crippen molar-refractivity contribution in [3.05, 3.63) is 87.4 Å². The van der Waals surface area contributed by atoms with Crippen LogP contribution in [0.15, 0.2) is 66.2 Å². The summed E-state index contributed by atoms with van der Waals surface area (Å²) in [6, 6.07) is 14.4. The van der Waals surface area contributed by atoms with E-state index >= 15 is 0 Å². The van der Waals surface area contributed by atoms with E-state index in [1.165, 1.54) is 37.5 Å². The molecule has 3 aromatic rings. The van der Waals surface area contributed by atoms with E-state index in [4.69, 9.17) is 32.7 Å². The fourth-order valence-electron chi connectivity index (χ4n) is 3.33. The molecular formula is C25H18Cl2N2O6. The third kappa shape index (κ3) is 5.24. The Bertz CT molecular complexity index is 1350. The molecule has 0 aromatic heterocycles. The molecule has 1 aliphatic heterocycles. The number of nitrogens with one attached hydrogen (secondary N) is 1. The molecule has 2 N–H and O–H groups in total. The van der Waals surface area contributed by atoms with Crippen LogP contribution >= 0.6 is 23.2 Å². The summed E-state index contributed by atoms with van der Waals surface area (Å²) in [5.41, 5.74) is 0.979. The van der Waals surface area contributed by atoms with Crippen molar-refractivity contribution in [3.63, 3.8) is 0 Å². The lowest BCUT2D eigenvalue weighted by atomic mass is 10.1. The number of imide groups is 2. The highest BCUT2D eigenvalue weighted by Crippen LogP contribution is 2.31. The lowest BCUT2D eigenvalue weighted by Gasteiger charge is -2.26. The summed E-state index contributed by atoms with van der Waals surface area (Å²) in [7, 11) is 1.49. The van der Waals surface area contributed by atoms with E-state index < -0.39 is 17.8 Å². The fourth-order valence-corrected chi connectivity index (χ4v) is 3.79. The second-order valence-corrected chi connectivity index (χ2v) is 8.25. The number of anilines is 1. The highest BCUT2D eigenvalue weighted by molar-refractivity contribution is 6.39. The van der Waals surface area contributed by atoms with Gasteiger partial charge in [0, 0.05) is 27.2 Å². The van der Waals surface area contributed by atoms with Gasteiger partial charge in [0.25, 0.3) is 11.8 Å². The molecule has 35 heavy (non-hydrogen) atoms. The van der Waals surface area contributed by atoms with E-state index in [0.29, 0.717) is 32.7 Å². The number of rotatable bonds is 6. The number of barbiturate groups is 1. The van der Waals surface area contributed by atoms with Crippen molar-refractivity contribution in [2.75, 3.05) is 12.0 Å². The summed E-state index contributed by atoms with van der Waals surface area (Å²) < 4.78 is 11.2. The number of phenols is 1. The number of benzene rings is 3. The number of urea groups is 1. The van der Waals surface area contributed by atoms with Crippen LogP contribution in [-0.4, -0.2) is 30.1 Å². The number of aromatic hydroxyl groups is 1. The summed E-state index contributed by atoms with van der Waals surface area (Å²) in [4.78, 5) is 38.9. The van der Waals surface area contributed by atoms with Gasteiger partial charge < -0.3 is 14.6 Å². The predicted octanol–water partition coefficient (Wildman–Crippen LogP) is 4.95. The van der Waals surface area contributed by atoms with Crippen LogP contribution in [0.1, 0.15) is 11.1 Å². The maximum absolute atomic E-state index is 13.1. The normalized spacial score (nSPS) is 14.8. The first-order valence-electron chi connectivity index (χ1n) is 10.2. The molecule has 0 radical (unpaired) electrons. The van der Waals surface area contributed by atoms with E-state index in [2.05, 4.69) is 5.32 Å². The first-order valence-corrected chi connectivity index (χ1v) is 11.0. The third-order valence-corrected chi connectivity index (χ3v) is 5.72. The molecule has 8 nitrogen and oxygen atoms in total. The molecule has 0 spiro atoms. The van der Waals surface area contributed by atoms with Crippen molar-refractivity contribution < 1.29 is 29.0 Å². The van der Waals surface area contributed by atoms with Crippen LogP contribution in [0.2, 0.25) is 10.0 Å². The van der Waals surface area contributed by atoms with Gasteiger partial charge in [-0.05, 0) is 54.6 Å². The molecule has 0 saturated carbocycles. The van der Waals surface area contributed by atoms with E-state index in [9.17, 15) is 19.5 Å². The molecule has 4 amide bonds. The minimum Gasteiger partial charge on any atom is -0.508 e. The van der Waals surface area contributed by atoms with Crippen molar-refractivity contribution in [2.45, 2.75) is 6.61 Å². The van der Waals surface area contributed by atoms with Crippen LogP contribution in [-0.2, 0) is 16.2 Å². The maximum Gasteiger partial charge on any atom is 0.335 e. The van der Waals surface area contributed by atoms with Gasteiger partial charge in [-0.2, -0.15) is 0 Å². The van der Waals surface area contributed by atoms with Crippen molar-refractivity contribution in [1.29, 1.82) is 0 Å². The minimum absolute atomic E-state index is 0.0359. The van der Waals surface area contributed by atoms with Gasteiger partial charge in [-0.3, -0.25) is 14.9 Å². The Kier molecular flexibility index (Phi) is 6.95. The number of carbonyl (C=O) groups is 3. The fraction of sp³-hybridized carbons (Fsp3) is 0.0800. The van der Waals surface area contributed by atoms with Crippen molar-refractivity contribution >= 4 is 52.8 Å². The number of hydrogen-bond acceptors (Lipinski definition) is 6. The number of hydrogen-bond donors (Lipinski definition) is 2. The van der Waals surface area contributed by atoms with E-state index in [0.717, 1.165) is 4.90 Å². The second kappa shape index (κ2) is 10.1. The molecule has 0 atom stereocenters. The van der Waals surface area contributed by atoms with Gasteiger partial charge in [-0.1, -0.05) is 29.3 Å². The van der Waals surface area contributed by atoms with Gasteiger partial charge in [0.05, 0.1) is 12.8 Å². The van der Waals surface area contributed by atoms with Gasteiger partial charge in [0.1, 0.15) is 29.4 Å². The first-order chi connectivity index (χ1) is 16.8. The van der Waals surface area contributed by atoms with E-state index in [1.54, 1.807) is 36.4 Å². The number of phenolic OH excluding ortho intramolecular Hbond substituents is 1. The summed E-state index contributed by atoms with van der Waals surface area (Å²) >= 11 is 12.2. The number of halogens is 2. The second-order valence-electron chi connectivity index (χ2n) is 7.40. The summed E-state index contributed by atoms with van der Waals surface area (Å²) in [5, 5.41) is 12.6. The van der Waals surface area contributed by atoms with Gasteiger partial charge in [-0.15, -0.1) is 0 Å². The molecular weight excluding hydrogens is 495 g/mol. The molecule has 0 bridgehead atoms. The SMILES string of the molecule is COc1ccc(/C=C2\C(=O)NC(=O)N(c3ccc(O)cc3)C2=O)c(OCc2ccc(Cl)cc2Cl)c1. The largest absolute Gasteiger partial charge is 0.508 e. The third-order valence-electron chi connectivity index (χ3n) is 5.13. The maximum atomic E-state index is 13.1. The quantitative estimate of drug-likeness (QED) is 0.357. The zero-order chi connectivity index (χ0) is 25.1. The van der Waals surface area contributed by atoms with Gasteiger partial charge in [-0.25, -0.2) is 9.69 Å². The Balaban J connectivity index is 1.68. The topological polar surface area (TPSA) is 105 Å². The Labute approximate surface area is 210 Å². The molecule has 1 saturated heterocycles. The molecule has 178 valence electrons. The molecule has 4 rings (SSSR count). The van der Waals surface area contributed by atoms with Crippen LogP contribution in [0.25, 0.3) is 6.08 Å². The van der Waals surface area contributed by atoms with Crippen molar-refractivity contribution in [2.24, 2.45) is 0 Å². The van der Waals surface area contributed by atoms with E-state index in [-0.39, 0.29) is 23.6 Å². The van der Waals surface area contributed by atoms with Crippen LogP contribution in [0.5, 0.6) is 17.2 Å². The highest BCUT2D eigenvalue weighted by atomic mass is 35.5. The molecule has 0 unspecified atom stereocenters. The van der Waals surface area contributed by atoms with Crippen LogP contribution < -0.4 is 19.7 Å². The van der Waals surface area contributed by atoms with Crippen molar-refractivity contribution in [1.82, 2.24) is 5.32 Å². The average molecular weight is 513 g/mol. The molecule has 1 heterocycles. The monoisotopic (exact) mass is 512 g/mol. The lowest BCUT2D eigenvalue weighted by molar-refractivity contribution is -0.122.